The van der Waals surface area contributed by atoms with Gasteiger partial charge in [0.25, 0.3) is 0 Å². The average molecular weight is 404 g/mol. The molecule has 0 radical (unpaired) electrons. The summed E-state index contributed by atoms with van der Waals surface area (Å²) < 4.78 is 11.9. The Balaban J connectivity index is 1.95. The molecule has 22 heavy (non-hydrogen) atoms. The van der Waals surface area contributed by atoms with Crippen LogP contribution in [-0.4, -0.2) is 7.11 Å². The Kier molecular flexibility index (Phi) is 4.29. The largest absolute Gasteiger partial charge is 0.497 e. The van der Waals surface area contributed by atoms with Crippen molar-refractivity contribution < 1.29 is 9.15 Å². The topological polar surface area (TPSA) is 39.4 Å². The first kappa shape index (κ1) is 14.8. The summed E-state index contributed by atoms with van der Waals surface area (Å²) in [5.41, 5.74) is 1.58. The second kappa shape index (κ2) is 6.36. The fourth-order valence-corrected chi connectivity index (χ4v) is 2.59. The number of methoxy groups -OCH3 is 1. The minimum absolute atomic E-state index is 0.0352. The molecule has 110 valence electrons. The van der Waals surface area contributed by atoms with E-state index in [0.717, 1.165) is 14.9 Å². The van der Waals surface area contributed by atoms with Crippen molar-refractivity contribution in [2.24, 2.45) is 0 Å². The van der Waals surface area contributed by atoms with Crippen LogP contribution in [0.25, 0.3) is 23.1 Å². The molecule has 0 saturated heterocycles. The summed E-state index contributed by atoms with van der Waals surface area (Å²) >= 11 is 2.20. The summed E-state index contributed by atoms with van der Waals surface area (Å²) in [5.74, 6) is 1.35. The van der Waals surface area contributed by atoms with E-state index in [-0.39, 0.29) is 5.43 Å². The van der Waals surface area contributed by atoms with Crippen LogP contribution in [0.15, 0.2) is 57.7 Å². The molecule has 0 saturated carbocycles. The van der Waals surface area contributed by atoms with Crippen LogP contribution < -0.4 is 10.2 Å². The van der Waals surface area contributed by atoms with Gasteiger partial charge in [0.2, 0.25) is 0 Å². The van der Waals surface area contributed by atoms with E-state index >= 15 is 0 Å². The molecule has 0 bridgehead atoms. The molecule has 0 aliphatic heterocycles. The molecule has 0 unspecified atom stereocenters. The fourth-order valence-electron chi connectivity index (χ4n) is 2.12. The minimum Gasteiger partial charge on any atom is -0.497 e. The van der Waals surface area contributed by atoms with Gasteiger partial charge in [-0.25, -0.2) is 0 Å². The van der Waals surface area contributed by atoms with Crippen molar-refractivity contribution >= 4 is 45.7 Å². The number of hydrogen-bond donors (Lipinski definition) is 0. The van der Waals surface area contributed by atoms with Gasteiger partial charge < -0.3 is 9.15 Å². The van der Waals surface area contributed by atoms with Crippen molar-refractivity contribution in [3.05, 3.63) is 73.6 Å². The van der Waals surface area contributed by atoms with E-state index < -0.39 is 0 Å². The summed E-state index contributed by atoms with van der Waals surface area (Å²) in [6.07, 6.45) is 3.69. The minimum atomic E-state index is -0.0352. The third-order valence-corrected chi connectivity index (χ3v) is 3.94. The predicted molar refractivity (Wildman–Crippen MR) is 97.1 cm³/mol. The molecular weight excluding hydrogens is 391 g/mol. The summed E-state index contributed by atoms with van der Waals surface area (Å²) in [7, 11) is 1.63. The smallest absolute Gasteiger partial charge is 0.193 e. The summed E-state index contributed by atoms with van der Waals surface area (Å²) in [5, 5.41) is 0.599. The Morgan fingerprint density at radius 3 is 2.55 bits per heavy atom. The van der Waals surface area contributed by atoms with Crippen LogP contribution in [0.3, 0.4) is 0 Å². The van der Waals surface area contributed by atoms with Crippen molar-refractivity contribution in [1.29, 1.82) is 0 Å². The van der Waals surface area contributed by atoms with Crippen molar-refractivity contribution in [2.45, 2.75) is 0 Å². The predicted octanol–water partition coefficient (Wildman–Crippen LogP) is 4.58. The van der Waals surface area contributed by atoms with Crippen LogP contribution in [-0.2, 0) is 0 Å². The van der Waals surface area contributed by atoms with E-state index in [1.807, 2.05) is 42.5 Å². The molecule has 0 fully saturated rings. The number of hydrogen-bond acceptors (Lipinski definition) is 3. The van der Waals surface area contributed by atoms with Gasteiger partial charge in [-0.3, -0.25) is 4.79 Å². The average Bonchev–Trinajstić information content (AvgIpc) is 2.53. The second-order valence-electron chi connectivity index (χ2n) is 4.76. The van der Waals surface area contributed by atoms with Crippen molar-refractivity contribution in [2.75, 3.05) is 7.11 Å². The van der Waals surface area contributed by atoms with E-state index in [0.29, 0.717) is 16.7 Å². The molecule has 0 atom stereocenters. The van der Waals surface area contributed by atoms with Gasteiger partial charge in [0.15, 0.2) is 5.43 Å². The maximum atomic E-state index is 12.1. The molecule has 0 spiro atoms. The van der Waals surface area contributed by atoms with Gasteiger partial charge in [-0.1, -0.05) is 18.2 Å². The maximum Gasteiger partial charge on any atom is 0.193 e. The SMILES string of the molecule is COc1ccc(/C=C/c2cc(=O)c3ccc(I)cc3o2)cc1. The molecule has 4 heteroatoms. The number of fused-ring (bicyclic) bond motifs is 1. The van der Waals surface area contributed by atoms with Gasteiger partial charge in [0.1, 0.15) is 17.1 Å². The third-order valence-electron chi connectivity index (χ3n) is 3.27. The highest BCUT2D eigenvalue weighted by Gasteiger charge is 2.03. The van der Waals surface area contributed by atoms with E-state index in [1.165, 1.54) is 6.07 Å². The Bertz CT molecular complexity index is 892. The first-order valence-corrected chi connectivity index (χ1v) is 7.79. The van der Waals surface area contributed by atoms with Gasteiger partial charge in [-0.05, 0) is 64.6 Å². The molecule has 2 aromatic carbocycles. The molecule has 0 aliphatic carbocycles. The van der Waals surface area contributed by atoms with Gasteiger partial charge in [0.05, 0.1) is 12.5 Å². The lowest BCUT2D eigenvalue weighted by Crippen LogP contribution is -2.00. The Morgan fingerprint density at radius 2 is 1.82 bits per heavy atom. The van der Waals surface area contributed by atoms with Crippen LogP contribution in [0.1, 0.15) is 11.3 Å². The van der Waals surface area contributed by atoms with Crippen molar-refractivity contribution in [3.63, 3.8) is 0 Å². The summed E-state index contributed by atoms with van der Waals surface area (Å²) in [6.45, 7) is 0. The van der Waals surface area contributed by atoms with Crippen molar-refractivity contribution in [1.82, 2.24) is 0 Å². The highest BCUT2D eigenvalue weighted by Crippen LogP contribution is 2.18. The van der Waals surface area contributed by atoms with Gasteiger partial charge in [-0.2, -0.15) is 0 Å². The van der Waals surface area contributed by atoms with Gasteiger partial charge in [-0.15, -0.1) is 0 Å². The maximum absolute atomic E-state index is 12.1. The summed E-state index contributed by atoms with van der Waals surface area (Å²) in [6, 6.07) is 14.7. The fraction of sp³-hybridized carbons (Fsp3) is 0.0556. The first-order chi connectivity index (χ1) is 10.7. The molecule has 0 amide bonds. The molecule has 1 heterocycles. The molecule has 1 aromatic heterocycles. The highest BCUT2D eigenvalue weighted by atomic mass is 127. The van der Waals surface area contributed by atoms with Gasteiger partial charge in [0, 0.05) is 9.64 Å². The molecule has 3 nitrogen and oxygen atoms in total. The molecule has 0 N–H and O–H groups in total. The quantitative estimate of drug-likeness (QED) is 0.601. The Labute approximate surface area is 141 Å². The number of halogens is 1. The molecule has 3 rings (SSSR count). The number of benzene rings is 2. The molecule has 3 aromatic rings. The molecular formula is C18H13IO3. The van der Waals surface area contributed by atoms with Gasteiger partial charge >= 0.3 is 0 Å². The lowest BCUT2D eigenvalue weighted by atomic mass is 10.2. The van der Waals surface area contributed by atoms with E-state index in [4.69, 9.17) is 9.15 Å². The normalized spacial score (nSPS) is 11.2. The zero-order chi connectivity index (χ0) is 15.5. The number of rotatable bonds is 3. The lowest BCUT2D eigenvalue weighted by molar-refractivity contribution is 0.415. The highest BCUT2D eigenvalue weighted by molar-refractivity contribution is 14.1. The van der Waals surface area contributed by atoms with Crippen LogP contribution in [0.2, 0.25) is 0 Å². The third kappa shape index (κ3) is 3.22. The van der Waals surface area contributed by atoms with Crippen LogP contribution >= 0.6 is 22.6 Å². The molecule has 0 aliphatic rings. The first-order valence-electron chi connectivity index (χ1n) is 6.71. The van der Waals surface area contributed by atoms with E-state index in [1.54, 1.807) is 19.3 Å². The zero-order valence-electron chi connectivity index (χ0n) is 11.9. The number of ether oxygens (including phenoxy) is 1. The lowest BCUT2D eigenvalue weighted by Gasteiger charge is -2.01. The van der Waals surface area contributed by atoms with E-state index in [9.17, 15) is 4.79 Å². The van der Waals surface area contributed by atoms with E-state index in [2.05, 4.69) is 22.6 Å². The zero-order valence-corrected chi connectivity index (χ0v) is 14.0. The van der Waals surface area contributed by atoms with Crippen LogP contribution in [0, 0.1) is 3.57 Å². The van der Waals surface area contributed by atoms with Crippen molar-refractivity contribution in [3.8, 4) is 5.75 Å². The summed E-state index contributed by atoms with van der Waals surface area (Å²) in [4.78, 5) is 12.1. The standard InChI is InChI=1S/C18H13IO3/c1-21-14-6-2-12(3-7-14)4-8-15-11-17(20)16-9-5-13(19)10-18(16)22-15/h2-11H,1H3/b8-4+. The van der Waals surface area contributed by atoms with Crippen LogP contribution in [0.5, 0.6) is 5.75 Å². The van der Waals surface area contributed by atoms with Crippen LogP contribution in [0.4, 0.5) is 0 Å². The Hall–Kier alpha value is -2.08. The second-order valence-corrected chi connectivity index (χ2v) is 6.01. The monoisotopic (exact) mass is 404 g/mol. The Morgan fingerprint density at radius 1 is 1.05 bits per heavy atom.